The Balaban J connectivity index is 1.42. The molecule has 0 aliphatic rings. The molecule has 0 fully saturated rings. The second kappa shape index (κ2) is 14.1. The Labute approximate surface area is 259 Å². The third kappa shape index (κ3) is 7.83. The van der Waals surface area contributed by atoms with Crippen molar-refractivity contribution in [3.8, 4) is 17.2 Å². The summed E-state index contributed by atoms with van der Waals surface area (Å²) in [5, 5.41) is 6.16. The molecule has 0 spiro atoms. The van der Waals surface area contributed by atoms with E-state index in [0.717, 1.165) is 11.1 Å². The number of rotatable bonds is 10. The summed E-state index contributed by atoms with van der Waals surface area (Å²) in [6.45, 7) is 0.378. The molecular formula is C29H21BrCl4N2O4. The van der Waals surface area contributed by atoms with E-state index in [0.29, 0.717) is 52.9 Å². The molecule has 40 heavy (non-hydrogen) atoms. The number of nitrogens with one attached hydrogen (secondary N) is 1. The molecule has 1 N–H and O–H groups in total. The fraction of sp³-hybridized carbons (Fsp3) is 0.103. The number of methoxy groups -OCH3 is 1. The maximum atomic E-state index is 12.9. The zero-order valence-corrected chi connectivity index (χ0v) is 25.5. The predicted octanol–water partition coefficient (Wildman–Crippen LogP) is 8.99. The molecule has 0 atom stereocenters. The van der Waals surface area contributed by atoms with E-state index in [1.807, 2.05) is 0 Å². The Morgan fingerprint density at radius 1 is 0.825 bits per heavy atom. The minimum atomic E-state index is -0.447. The van der Waals surface area contributed by atoms with Gasteiger partial charge in [0.1, 0.15) is 19.0 Å². The third-order valence-corrected chi connectivity index (χ3v) is 7.44. The van der Waals surface area contributed by atoms with Gasteiger partial charge >= 0.3 is 0 Å². The van der Waals surface area contributed by atoms with Crippen LogP contribution in [-0.4, -0.2) is 19.2 Å². The highest BCUT2D eigenvalue weighted by Crippen LogP contribution is 2.34. The molecule has 4 aromatic rings. The first-order valence-corrected chi connectivity index (χ1v) is 14.0. The van der Waals surface area contributed by atoms with Gasteiger partial charge in [0.15, 0.2) is 11.5 Å². The van der Waals surface area contributed by atoms with Gasteiger partial charge in [-0.2, -0.15) is 5.10 Å². The Bertz CT molecular complexity index is 1570. The second-order valence-corrected chi connectivity index (χ2v) is 10.8. The number of nitrogens with zero attached hydrogens (tertiary/aromatic N) is 1. The summed E-state index contributed by atoms with van der Waals surface area (Å²) < 4.78 is 18.0. The fourth-order valence-electron chi connectivity index (χ4n) is 3.51. The van der Waals surface area contributed by atoms with Gasteiger partial charge in [-0.25, -0.2) is 5.43 Å². The van der Waals surface area contributed by atoms with Crippen LogP contribution in [0.5, 0.6) is 17.2 Å². The summed E-state index contributed by atoms with van der Waals surface area (Å²) in [7, 11) is 1.53. The van der Waals surface area contributed by atoms with E-state index in [1.54, 1.807) is 72.8 Å². The van der Waals surface area contributed by atoms with Crippen molar-refractivity contribution in [2.75, 3.05) is 7.11 Å². The summed E-state index contributed by atoms with van der Waals surface area (Å²) in [5.74, 6) is 0.900. The fourth-order valence-corrected chi connectivity index (χ4v) is 4.86. The first-order valence-electron chi connectivity index (χ1n) is 11.7. The second-order valence-electron chi connectivity index (χ2n) is 8.27. The number of carbonyl (C=O) groups excluding carboxylic acids is 1. The van der Waals surface area contributed by atoms with E-state index in [-0.39, 0.29) is 13.2 Å². The van der Waals surface area contributed by atoms with Gasteiger partial charge in [-0.1, -0.05) is 70.7 Å². The Hall–Kier alpha value is -2.94. The molecule has 0 saturated heterocycles. The van der Waals surface area contributed by atoms with Crippen LogP contribution in [0.1, 0.15) is 27.0 Å². The van der Waals surface area contributed by atoms with Gasteiger partial charge in [-0.15, -0.1) is 0 Å². The molecule has 0 aliphatic heterocycles. The van der Waals surface area contributed by atoms with Crippen LogP contribution in [0, 0.1) is 0 Å². The van der Waals surface area contributed by atoms with Gasteiger partial charge < -0.3 is 14.2 Å². The third-order valence-electron chi connectivity index (χ3n) is 5.58. The van der Waals surface area contributed by atoms with E-state index < -0.39 is 5.91 Å². The van der Waals surface area contributed by atoms with Crippen LogP contribution in [-0.2, 0) is 13.2 Å². The molecule has 0 radical (unpaired) electrons. The zero-order chi connectivity index (χ0) is 28.6. The van der Waals surface area contributed by atoms with Crippen molar-refractivity contribution in [2.45, 2.75) is 13.2 Å². The number of para-hydroxylation sites is 1. The van der Waals surface area contributed by atoms with Gasteiger partial charge in [-0.05, 0) is 64.5 Å². The van der Waals surface area contributed by atoms with Crippen molar-refractivity contribution in [3.05, 3.63) is 120 Å². The van der Waals surface area contributed by atoms with Crippen molar-refractivity contribution in [2.24, 2.45) is 5.10 Å². The number of carbonyl (C=O) groups is 1. The number of amides is 1. The maximum Gasteiger partial charge on any atom is 0.275 e. The molecule has 206 valence electrons. The smallest absolute Gasteiger partial charge is 0.275 e. The highest BCUT2D eigenvalue weighted by atomic mass is 79.9. The molecule has 11 heteroatoms. The van der Waals surface area contributed by atoms with Crippen LogP contribution in [0.25, 0.3) is 0 Å². The molecule has 4 aromatic carbocycles. The quantitative estimate of drug-likeness (QED) is 0.134. The molecule has 0 aliphatic carbocycles. The monoisotopic (exact) mass is 680 g/mol. The van der Waals surface area contributed by atoms with Crippen molar-refractivity contribution < 1.29 is 19.0 Å². The van der Waals surface area contributed by atoms with Gasteiger partial charge in [0, 0.05) is 41.3 Å². The average Bonchev–Trinajstić information content (AvgIpc) is 2.93. The van der Waals surface area contributed by atoms with Crippen LogP contribution in [0.15, 0.2) is 82.4 Å². The van der Waals surface area contributed by atoms with Crippen molar-refractivity contribution >= 4 is 74.5 Å². The van der Waals surface area contributed by atoms with Gasteiger partial charge in [-0.3, -0.25) is 4.79 Å². The molecule has 0 heterocycles. The Morgan fingerprint density at radius 3 is 2.02 bits per heavy atom. The number of hydrazone groups is 1. The van der Waals surface area contributed by atoms with E-state index >= 15 is 0 Å². The SMILES string of the molecule is COc1cc(/C=N/NC(=O)c2ccccc2OCc2ccc(Cl)cc2Cl)c(Br)cc1OCc1ccc(Cl)cc1Cl. The van der Waals surface area contributed by atoms with E-state index in [9.17, 15) is 4.79 Å². The molecule has 4 rings (SSSR count). The van der Waals surface area contributed by atoms with E-state index in [4.69, 9.17) is 60.6 Å². The number of ether oxygens (including phenoxy) is 3. The lowest BCUT2D eigenvalue weighted by atomic mass is 10.2. The van der Waals surface area contributed by atoms with Crippen molar-refractivity contribution in [3.63, 3.8) is 0 Å². The lowest BCUT2D eigenvalue weighted by Crippen LogP contribution is -2.18. The van der Waals surface area contributed by atoms with Gasteiger partial charge in [0.05, 0.1) is 18.9 Å². The zero-order valence-electron chi connectivity index (χ0n) is 20.9. The van der Waals surface area contributed by atoms with Crippen molar-refractivity contribution in [1.82, 2.24) is 5.43 Å². The highest BCUT2D eigenvalue weighted by Gasteiger charge is 2.14. The molecule has 0 aromatic heterocycles. The lowest BCUT2D eigenvalue weighted by molar-refractivity contribution is 0.0950. The summed E-state index contributed by atoms with van der Waals surface area (Å²) >= 11 is 27.9. The number of hydrogen-bond donors (Lipinski definition) is 1. The number of benzene rings is 4. The molecule has 0 saturated carbocycles. The van der Waals surface area contributed by atoms with E-state index in [1.165, 1.54) is 13.3 Å². The minimum Gasteiger partial charge on any atom is -0.493 e. The lowest BCUT2D eigenvalue weighted by Gasteiger charge is -2.13. The Kier molecular flexibility index (Phi) is 10.6. The summed E-state index contributed by atoms with van der Waals surface area (Å²) in [4.78, 5) is 12.9. The van der Waals surface area contributed by atoms with Crippen molar-refractivity contribution in [1.29, 1.82) is 0 Å². The van der Waals surface area contributed by atoms with Crippen LogP contribution < -0.4 is 19.6 Å². The van der Waals surface area contributed by atoms with Gasteiger partial charge in [0.2, 0.25) is 0 Å². The van der Waals surface area contributed by atoms with Gasteiger partial charge in [0.25, 0.3) is 5.91 Å². The molecule has 6 nitrogen and oxygen atoms in total. The Morgan fingerprint density at radius 2 is 1.43 bits per heavy atom. The molecular weight excluding hydrogens is 662 g/mol. The summed E-state index contributed by atoms with van der Waals surface area (Å²) in [6.07, 6.45) is 1.49. The first-order chi connectivity index (χ1) is 19.2. The van der Waals surface area contributed by atoms with Crippen LogP contribution in [0.2, 0.25) is 20.1 Å². The normalized spacial score (nSPS) is 10.9. The average molecular weight is 683 g/mol. The van der Waals surface area contributed by atoms with E-state index in [2.05, 4.69) is 26.5 Å². The maximum absolute atomic E-state index is 12.9. The molecule has 0 bridgehead atoms. The number of hydrogen-bond acceptors (Lipinski definition) is 5. The summed E-state index contributed by atoms with van der Waals surface area (Å²) in [5.41, 5.74) is 5.00. The van der Waals surface area contributed by atoms with Crippen LogP contribution in [0.3, 0.4) is 0 Å². The molecule has 1 amide bonds. The minimum absolute atomic E-state index is 0.162. The topological polar surface area (TPSA) is 69.2 Å². The summed E-state index contributed by atoms with van der Waals surface area (Å²) in [6, 6.07) is 20.6. The highest BCUT2D eigenvalue weighted by molar-refractivity contribution is 9.10. The predicted molar refractivity (Wildman–Crippen MR) is 164 cm³/mol. The number of halogens is 5. The first kappa shape index (κ1) is 30.0. The van der Waals surface area contributed by atoms with Crippen LogP contribution in [0.4, 0.5) is 0 Å². The van der Waals surface area contributed by atoms with Crippen LogP contribution >= 0.6 is 62.3 Å². The standard InChI is InChI=1S/C29H21BrCl4N2O4/c1-38-27-10-19(23(30)13-28(27)40-16-18-7-9-21(32)12-25(18)34)14-35-36-29(37)22-4-2-3-5-26(22)39-15-17-6-8-20(31)11-24(17)33/h2-14H,15-16H2,1H3,(H,36,37)/b35-14+. The molecule has 0 unspecified atom stereocenters. The largest absolute Gasteiger partial charge is 0.493 e.